The average Bonchev–Trinajstić information content (AvgIpc) is 3.15. The van der Waals surface area contributed by atoms with E-state index in [0.29, 0.717) is 11.4 Å². The van der Waals surface area contributed by atoms with Gasteiger partial charge in [0.1, 0.15) is 0 Å². The highest BCUT2D eigenvalue weighted by Crippen LogP contribution is 2.28. The second kappa shape index (κ2) is 10.1. The number of hydrogen-bond acceptors (Lipinski definition) is 5. The van der Waals surface area contributed by atoms with Gasteiger partial charge in [0, 0.05) is 28.4 Å². The van der Waals surface area contributed by atoms with E-state index in [1.807, 2.05) is 68.7 Å². The van der Waals surface area contributed by atoms with E-state index in [-0.39, 0.29) is 11.8 Å². The third-order valence-corrected chi connectivity index (χ3v) is 6.03. The zero-order valence-corrected chi connectivity index (χ0v) is 18.5. The van der Waals surface area contributed by atoms with Crippen LogP contribution >= 0.6 is 23.4 Å². The van der Waals surface area contributed by atoms with Crippen molar-refractivity contribution in [3.05, 3.63) is 71.0 Å². The number of benzene rings is 2. The maximum absolute atomic E-state index is 12.3. The Morgan fingerprint density at radius 2 is 1.79 bits per heavy atom. The topological polar surface area (TPSA) is 51.0 Å². The molecule has 0 bridgehead atoms. The van der Waals surface area contributed by atoms with Crippen LogP contribution in [0.5, 0.6) is 0 Å². The molecule has 0 fully saturated rings. The first-order valence-electron chi connectivity index (χ1n) is 9.56. The van der Waals surface area contributed by atoms with Gasteiger partial charge < -0.3 is 0 Å². The molecular weight excluding hydrogens is 404 g/mol. The summed E-state index contributed by atoms with van der Waals surface area (Å²) >= 11 is 7.68. The first-order valence-corrected chi connectivity index (χ1v) is 10.9. The molecule has 0 N–H and O–H groups in total. The molecule has 0 amide bonds. The minimum atomic E-state index is 0.104. The normalized spacial score (nSPS) is 12.3. The van der Waals surface area contributed by atoms with Gasteiger partial charge in [-0.3, -0.25) is 14.3 Å². The van der Waals surface area contributed by atoms with Gasteiger partial charge in [-0.25, -0.2) is 0 Å². The van der Waals surface area contributed by atoms with Gasteiger partial charge in [-0.1, -0.05) is 53.7 Å². The van der Waals surface area contributed by atoms with Crippen LogP contribution in [0.1, 0.15) is 42.0 Å². The second-order valence-electron chi connectivity index (χ2n) is 7.03. The summed E-state index contributed by atoms with van der Waals surface area (Å²) in [4.78, 5) is 14.4. The molecule has 0 spiro atoms. The summed E-state index contributed by atoms with van der Waals surface area (Å²) in [6.45, 7) is 2.10. The predicted octanol–water partition coefficient (Wildman–Crippen LogP) is 5.30. The van der Waals surface area contributed by atoms with Gasteiger partial charge in [-0.05, 0) is 51.7 Å². The van der Waals surface area contributed by atoms with Crippen LogP contribution in [0.2, 0.25) is 5.02 Å². The number of halogens is 1. The van der Waals surface area contributed by atoms with E-state index >= 15 is 0 Å². The molecule has 0 aliphatic heterocycles. The lowest BCUT2D eigenvalue weighted by Crippen LogP contribution is -2.20. The first-order chi connectivity index (χ1) is 14.0. The maximum atomic E-state index is 12.3. The molecule has 0 aliphatic rings. The van der Waals surface area contributed by atoms with E-state index in [1.165, 1.54) is 0 Å². The minimum Gasteiger partial charge on any atom is -0.300 e. The lowest BCUT2D eigenvalue weighted by molar-refractivity contribution is 0.0982. The number of rotatable bonds is 9. The molecule has 29 heavy (non-hydrogen) atoms. The van der Waals surface area contributed by atoms with Gasteiger partial charge in [0.2, 0.25) is 0 Å². The molecule has 0 saturated heterocycles. The third-order valence-electron chi connectivity index (χ3n) is 4.77. The van der Waals surface area contributed by atoms with Crippen molar-refractivity contribution in [2.75, 3.05) is 19.8 Å². The Bertz CT molecular complexity index is 941. The molecule has 7 heteroatoms. The number of aromatic nitrogens is 3. The van der Waals surface area contributed by atoms with Crippen molar-refractivity contribution in [3.8, 4) is 5.69 Å². The molecule has 0 aliphatic carbocycles. The van der Waals surface area contributed by atoms with E-state index in [1.54, 1.807) is 11.8 Å². The fourth-order valence-electron chi connectivity index (χ4n) is 2.87. The van der Waals surface area contributed by atoms with Crippen molar-refractivity contribution >= 4 is 29.1 Å². The lowest BCUT2D eigenvalue weighted by atomic mass is 10.1. The van der Waals surface area contributed by atoms with Crippen LogP contribution in [0.3, 0.4) is 0 Å². The van der Waals surface area contributed by atoms with E-state index in [9.17, 15) is 4.79 Å². The Kier molecular flexibility index (Phi) is 7.47. The van der Waals surface area contributed by atoms with Gasteiger partial charge in [-0.2, -0.15) is 0 Å². The highest BCUT2D eigenvalue weighted by atomic mass is 35.5. The molecule has 3 aromatic rings. The van der Waals surface area contributed by atoms with Gasteiger partial charge in [-0.15, -0.1) is 10.2 Å². The van der Waals surface area contributed by atoms with Crippen molar-refractivity contribution < 1.29 is 4.79 Å². The Hall–Kier alpha value is -2.15. The summed E-state index contributed by atoms with van der Waals surface area (Å²) in [7, 11) is 4.04. The van der Waals surface area contributed by atoms with Crippen LogP contribution < -0.4 is 0 Å². The van der Waals surface area contributed by atoms with Crippen LogP contribution in [0.25, 0.3) is 5.69 Å². The third kappa shape index (κ3) is 5.47. The average molecular weight is 429 g/mol. The highest BCUT2D eigenvalue weighted by Gasteiger charge is 2.21. The Morgan fingerprint density at radius 3 is 2.45 bits per heavy atom. The SMILES string of the molecule is CC(c1nnc(SCCCC(=O)c2ccccc2)n1-c1ccc(Cl)cc1)N(C)C. The van der Waals surface area contributed by atoms with Gasteiger partial charge in [0.05, 0.1) is 6.04 Å². The molecule has 152 valence electrons. The van der Waals surface area contributed by atoms with Crippen molar-refractivity contribution in [1.82, 2.24) is 19.7 Å². The Balaban J connectivity index is 1.72. The fraction of sp³-hybridized carbons (Fsp3) is 0.318. The zero-order chi connectivity index (χ0) is 20.8. The zero-order valence-electron chi connectivity index (χ0n) is 16.9. The van der Waals surface area contributed by atoms with Gasteiger partial charge in [0.15, 0.2) is 16.8 Å². The van der Waals surface area contributed by atoms with Crippen LogP contribution in [-0.4, -0.2) is 45.3 Å². The molecule has 3 rings (SSSR count). The quantitative estimate of drug-likeness (QED) is 0.263. The lowest BCUT2D eigenvalue weighted by Gasteiger charge is -2.20. The first kappa shape index (κ1) is 21.6. The number of Topliss-reactive ketones (excluding diaryl/α,β-unsaturated/α-hetero) is 1. The summed E-state index contributed by atoms with van der Waals surface area (Å²) in [5.41, 5.74) is 1.75. The van der Waals surface area contributed by atoms with Crippen LogP contribution in [0.15, 0.2) is 59.8 Å². The largest absolute Gasteiger partial charge is 0.300 e. The van der Waals surface area contributed by atoms with Crippen molar-refractivity contribution in [2.45, 2.75) is 31.0 Å². The molecule has 5 nitrogen and oxygen atoms in total. The second-order valence-corrected chi connectivity index (χ2v) is 8.53. The van der Waals surface area contributed by atoms with Crippen molar-refractivity contribution in [1.29, 1.82) is 0 Å². The summed E-state index contributed by atoms with van der Waals surface area (Å²) < 4.78 is 2.07. The van der Waals surface area contributed by atoms with Gasteiger partial charge in [0.25, 0.3) is 0 Å². The number of carbonyl (C=O) groups is 1. The summed E-state index contributed by atoms with van der Waals surface area (Å²) in [6.07, 6.45) is 1.30. The molecule has 0 saturated carbocycles. The van der Waals surface area contributed by atoms with Crippen LogP contribution in [0.4, 0.5) is 0 Å². The maximum Gasteiger partial charge on any atom is 0.195 e. The number of nitrogens with zero attached hydrogens (tertiary/aromatic N) is 4. The van der Waals surface area contributed by atoms with Crippen LogP contribution in [0, 0.1) is 0 Å². The molecule has 0 radical (unpaired) electrons. The summed E-state index contributed by atoms with van der Waals surface area (Å²) in [5, 5.41) is 10.4. The summed E-state index contributed by atoms with van der Waals surface area (Å²) in [5.74, 6) is 1.84. The Morgan fingerprint density at radius 1 is 1.10 bits per heavy atom. The molecule has 1 atom stereocenters. The summed E-state index contributed by atoms with van der Waals surface area (Å²) in [6, 6.07) is 17.2. The molecular formula is C22H25ClN4OS. The predicted molar refractivity (Wildman–Crippen MR) is 119 cm³/mol. The van der Waals surface area contributed by atoms with E-state index in [0.717, 1.165) is 34.4 Å². The van der Waals surface area contributed by atoms with Crippen molar-refractivity contribution in [2.24, 2.45) is 0 Å². The fourth-order valence-corrected chi connectivity index (χ4v) is 3.90. The van der Waals surface area contributed by atoms with Crippen molar-refractivity contribution in [3.63, 3.8) is 0 Å². The van der Waals surface area contributed by atoms with Crippen LogP contribution in [-0.2, 0) is 0 Å². The molecule has 2 aromatic carbocycles. The van der Waals surface area contributed by atoms with E-state index < -0.39 is 0 Å². The van der Waals surface area contributed by atoms with E-state index in [2.05, 4.69) is 26.6 Å². The highest BCUT2D eigenvalue weighted by molar-refractivity contribution is 7.99. The minimum absolute atomic E-state index is 0.104. The Labute approximate surface area is 181 Å². The van der Waals surface area contributed by atoms with Gasteiger partial charge >= 0.3 is 0 Å². The molecule has 1 heterocycles. The number of thioether (sulfide) groups is 1. The smallest absolute Gasteiger partial charge is 0.195 e. The molecule has 1 aromatic heterocycles. The monoisotopic (exact) mass is 428 g/mol. The standard InChI is InChI=1S/C22H25ClN4OS/c1-16(26(2)3)21-24-25-22(27(21)19-13-11-18(23)12-14-19)29-15-7-10-20(28)17-8-5-4-6-9-17/h4-6,8-9,11-14,16H,7,10,15H2,1-3H3. The number of carbonyl (C=O) groups excluding carboxylic acids is 1. The van der Waals surface area contributed by atoms with E-state index in [4.69, 9.17) is 11.6 Å². The molecule has 1 unspecified atom stereocenters. The number of ketones is 1. The number of hydrogen-bond donors (Lipinski definition) is 0.